The lowest BCUT2D eigenvalue weighted by Crippen LogP contribution is -2.30. The number of anilines is 1. The van der Waals surface area contributed by atoms with E-state index in [1.807, 2.05) is 6.07 Å². The Morgan fingerprint density at radius 2 is 1.93 bits per heavy atom. The number of alkyl halides is 3. The third kappa shape index (κ3) is 5.21. The highest BCUT2D eigenvalue weighted by Crippen LogP contribution is 2.33. The molecule has 9 heteroatoms. The third-order valence-electron chi connectivity index (χ3n) is 3.43. The van der Waals surface area contributed by atoms with E-state index >= 15 is 0 Å². The molecular weight excluding hydrogens is 385 g/mol. The molecule has 140 valence electrons. The quantitative estimate of drug-likeness (QED) is 0.776. The van der Waals surface area contributed by atoms with Crippen molar-refractivity contribution >= 4 is 29.2 Å². The first-order valence-corrected chi connectivity index (χ1v) is 7.88. The predicted octanol–water partition coefficient (Wildman–Crippen LogP) is 4.41. The monoisotopic (exact) mass is 396 g/mol. The second kappa shape index (κ2) is 8.10. The molecule has 0 aromatic heterocycles. The molecule has 2 aromatic rings. The average Bonchev–Trinajstić information content (AvgIpc) is 2.62. The molecule has 0 fully saturated rings. The average molecular weight is 397 g/mol. The number of nitrogens with zero attached hydrogens (tertiary/aromatic N) is 1. The Labute approximate surface area is 157 Å². The van der Waals surface area contributed by atoms with Gasteiger partial charge in [0, 0.05) is 0 Å². The van der Waals surface area contributed by atoms with Crippen LogP contribution in [0.1, 0.15) is 28.4 Å². The normalized spacial score (nSPS) is 12.0. The summed E-state index contributed by atoms with van der Waals surface area (Å²) in [5, 5.41) is 10.9. The number of benzene rings is 2. The highest BCUT2D eigenvalue weighted by Gasteiger charge is 2.31. The molecule has 0 aliphatic heterocycles. The van der Waals surface area contributed by atoms with Gasteiger partial charge in [-0.1, -0.05) is 17.7 Å². The maximum atomic E-state index is 12.8. The second-order valence-electron chi connectivity index (χ2n) is 5.42. The Kier molecular flexibility index (Phi) is 6.08. The summed E-state index contributed by atoms with van der Waals surface area (Å²) in [6.07, 6.45) is -5.91. The van der Waals surface area contributed by atoms with Crippen molar-refractivity contribution in [3.05, 3.63) is 64.2 Å². The first-order valence-electron chi connectivity index (χ1n) is 7.50. The maximum Gasteiger partial charge on any atom is 0.416 e. The lowest BCUT2D eigenvalue weighted by molar-refractivity contribution is -0.137. The number of carbonyl (C=O) groups is 2. The molecule has 0 heterocycles. The summed E-state index contributed by atoms with van der Waals surface area (Å²) in [7, 11) is 0. The summed E-state index contributed by atoms with van der Waals surface area (Å²) in [4.78, 5) is 24.2. The van der Waals surface area contributed by atoms with Gasteiger partial charge in [-0.05, 0) is 43.3 Å². The van der Waals surface area contributed by atoms with Crippen molar-refractivity contribution in [1.82, 2.24) is 0 Å². The van der Waals surface area contributed by atoms with Crippen LogP contribution in [0, 0.1) is 11.3 Å². The largest absolute Gasteiger partial charge is 0.449 e. The van der Waals surface area contributed by atoms with Gasteiger partial charge in [-0.15, -0.1) is 0 Å². The van der Waals surface area contributed by atoms with Crippen molar-refractivity contribution in [2.75, 3.05) is 5.32 Å². The van der Waals surface area contributed by atoms with Crippen LogP contribution in [-0.2, 0) is 15.7 Å². The minimum Gasteiger partial charge on any atom is -0.449 e. The van der Waals surface area contributed by atoms with Crippen LogP contribution < -0.4 is 5.32 Å². The van der Waals surface area contributed by atoms with Crippen LogP contribution in [0.5, 0.6) is 0 Å². The van der Waals surface area contributed by atoms with Gasteiger partial charge in [-0.25, -0.2) is 4.79 Å². The van der Waals surface area contributed by atoms with Gasteiger partial charge < -0.3 is 10.1 Å². The number of amides is 1. The number of hydrogen-bond acceptors (Lipinski definition) is 4. The summed E-state index contributed by atoms with van der Waals surface area (Å²) in [6, 6.07) is 9.98. The van der Waals surface area contributed by atoms with Crippen molar-refractivity contribution in [2.45, 2.75) is 19.2 Å². The molecule has 0 saturated carbocycles. The topological polar surface area (TPSA) is 79.2 Å². The summed E-state index contributed by atoms with van der Waals surface area (Å²) in [6.45, 7) is 1.25. The van der Waals surface area contributed by atoms with Crippen molar-refractivity contribution < 1.29 is 27.5 Å². The number of nitrogens with one attached hydrogen (secondary N) is 1. The van der Waals surface area contributed by atoms with Crippen molar-refractivity contribution in [3.8, 4) is 6.07 Å². The standard InChI is InChI=1S/C18H12ClF3N2O3/c1-10(27-17(26)12-4-2-3-11(7-12)9-23)16(25)24-15-8-13(18(20,21)22)5-6-14(15)19/h2-8,10H,1H3,(H,24,25)/t10-/m1/s1. The molecule has 0 spiro atoms. The number of ether oxygens (including phenoxy) is 1. The van der Waals surface area contributed by atoms with E-state index in [0.29, 0.717) is 6.07 Å². The maximum absolute atomic E-state index is 12.8. The van der Waals surface area contributed by atoms with Gasteiger partial charge in [-0.2, -0.15) is 18.4 Å². The molecule has 5 nitrogen and oxygen atoms in total. The van der Waals surface area contributed by atoms with E-state index in [9.17, 15) is 22.8 Å². The van der Waals surface area contributed by atoms with Crippen LogP contribution in [0.15, 0.2) is 42.5 Å². The van der Waals surface area contributed by atoms with E-state index in [4.69, 9.17) is 21.6 Å². The fraction of sp³-hybridized carbons (Fsp3) is 0.167. The molecule has 0 saturated heterocycles. The Bertz CT molecular complexity index is 923. The first-order chi connectivity index (χ1) is 12.6. The van der Waals surface area contributed by atoms with Gasteiger partial charge in [0.25, 0.3) is 5.91 Å². The van der Waals surface area contributed by atoms with E-state index in [0.717, 1.165) is 12.1 Å². The molecule has 2 aromatic carbocycles. The van der Waals surface area contributed by atoms with Gasteiger partial charge in [0.15, 0.2) is 6.10 Å². The molecule has 0 bridgehead atoms. The fourth-order valence-electron chi connectivity index (χ4n) is 2.03. The van der Waals surface area contributed by atoms with E-state index < -0.39 is 29.7 Å². The first kappa shape index (κ1) is 20.3. The van der Waals surface area contributed by atoms with Crippen LogP contribution in [0.3, 0.4) is 0 Å². The third-order valence-corrected chi connectivity index (χ3v) is 3.76. The summed E-state index contributed by atoms with van der Waals surface area (Å²) in [5.41, 5.74) is -0.950. The fourth-order valence-corrected chi connectivity index (χ4v) is 2.19. The molecule has 0 aliphatic rings. The lowest BCUT2D eigenvalue weighted by Gasteiger charge is -2.15. The Morgan fingerprint density at radius 3 is 2.56 bits per heavy atom. The van der Waals surface area contributed by atoms with Crippen LogP contribution in [-0.4, -0.2) is 18.0 Å². The predicted molar refractivity (Wildman–Crippen MR) is 91.1 cm³/mol. The molecule has 0 radical (unpaired) electrons. The highest BCUT2D eigenvalue weighted by atomic mass is 35.5. The van der Waals surface area contributed by atoms with Gasteiger partial charge >= 0.3 is 12.1 Å². The Balaban J connectivity index is 2.10. The molecule has 1 atom stereocenters. The van der Waals surface area contributed by atoms with E-state index in [2.05, 4.69) is 5.32 Å². The van der Waals surface area contributed by atoms with E-state index in [-0.39, 0.29) is 21.8 Å². The molecule has 1 N–H and O–H groups in total. The number of carbonyl (C=O) groups excluding carboxylic acids is 2. The van der Waals surface area contributed by atoms with Crippen molar-refractivity contribution in [1.29, 1.82) is 5.26 Å². The van der Waals surface area contributed by atoms with E-state index in [1.165, 1.54) is 31.2 Å². The smallest absolute Gasteiger partial charge is 0.416 e. The molecule has 27 heavy (non-hydrogen) atoms. The number of hydrogen-bond donors (Lipinski definition) is 1. The zero-order chi connectivity index (χ0) is 20.2. The van der Waals surface area contributed by atoms with Gasteiger partial charge in [0.2, 0.25) is 0 Å². The Morgan fingerprint density at radius 1 is 1.22 bits per heavy atom. The number of esters is 1. The van der Waals surface area contributed by atoms with Gasteiger partial charge in [-0.3, -0.25) is 4.79 Å². The number of nitriles is 1. The van der Waals surface area contributed by atoms with Crippen LogP contribution in [0.25, 0.3) is 0 Å². The second-order valence-corrected chi connectivity index (χ2v) is 5.83. The summed E-state index contributed by atoms with van der Waals surface area (Å²) < 4.78 is 43.3. The molecule has 0 unspecified atom stereocenters. The highest BCUT2D eigenvalue weighted by molar-refractivity contribution is 6.33. The molecule has 0 aliphatic carbocycles. The summed E-state index contributed by atoms with van der Waals surface area (Å²) in [5.74, 6) is -1.72. The minimum absolute atomic E-state index is 0.0609. The van der Waals surface area contributed by atoms with Gasteiger partial charge in [0.1, 0.15) is 0 Å². The molecule has 2 rings (SSSR count). The molecular formula is C18H12ClF3N2O3. The minimum atomic E-state index is -4.60. The van der Waals surface area contributed by atoms with Crippen molar-refractivity contribution in [3.63, 3.8) is 0 Å². The van der Waals surface area contributed by atoms with Crippen LogP contribution >= 0.6 is 11.6 Å². The SMILES string of the molecule is C[C@@H](OC(=O)c1cccc(C#N)c1)C(=O)Nc1cc(C(F)(F)F)ccc1Cl. The van der Waals surface area contributed by atoms with Crippen LogP contribution in [0.4, 0.5) is 18.9 Å². The zero-order valence-electron chi connectivity index (χ0n) is 13.8. The van der Waals surface area contributed by atoms with E-state index in [1.54, 1.807) is 0 Å². The number of rotatable bonds is 4. The van der Waals surface area contributed by atoms with Crippen molar-refractivity contribution in [2.24, 2.45) is 0 Å². The number of halogens is 4. The summed E-state index contributed by atoms with van der Waals surface area (Å²) >= 11 is 5.81. The zero-order valence-corrected chi connectivity index (χ0v) is 14.6. The lowest BCUT2D eigenvalue weighted by atomic mass is 10.1. The van der Waals surface area contributed by atoms with Gasteiger partial charge in [0.05, 0.1) is 33.5 Å². The Hall–Kier alpha value is -3.05. The van der Waals surface area contributed by atoms with Crippen LogP contribution in [0.2, 0.25) is 5.02 Å². The molecule has 1 amide bonds.